The summed E-state index contributed by atoms with van der Waals surface area (Å²) in [7, 11) is 0. The van der Waals surface area contributed by atoms with Gasteiger partial charge < -0.3 is 4.74 Å². The molecule has 4 heteroatoms. The van der Waals surface area contributed by atoms with Crippen LogP contribution in [0.1, 0.15) is 39.5 Å². The van der Waals surface area contributed by atoms with Crippen molar-refractivity contribution in [1.29, 1.82) is 0 Å². The largest absolute Gasteiger partial charge is 0.465 e. The quantitative estimate of drug-likeness (QED) is 0.550. The molecular formula is C12H20O3S. The molecule has 1 saturated heterocycles. The number of carbonyl (C=O) groups is 2. The van der Waals surface area contributed by atoms with Gasteiger partial charge >= 0.3 is 5.97 Å². The third kappa shape index (κ3) is 3.51. The zero-order valence-electron chi connectivity index (χ0n) is 10.0. The van der Waals surface area contributed by atoms with Gasteiger partial charge in [0.2, 0.25) is 0 Å². The van der Waals surface area contributed by atoms with Crippen molar-refractivity contribution in [2.75, 3.05) is 12.4 Å². The molecule has 1 fully saturated rings. The first kappa shape index (κ1) is 13.6. The van der Waals surface area contributed by atoms with E-state index in [4.69, 9.17) is 4.74 Å². The number of ketones is 1. The lowest BCUT2D eigenvalue weighted by molar-refractivity contribution is -0.151. The smallest absolute Gasteiger partial charge is 0.316 e. The Bertz CT molecular complexity index is 247. The van der Waals surface area contributed by atoms with E-state index < -0.39 is 5.92 Å². The molecule has 1 heterocycles. The molecule has 0 saturated carbocycles. The highest BCUT2D eigenvalue weighted by Gasteiger charge is 2.32. The number of Topliss-reactive ketones (excluding diaryl/α,β-unsaturated/α-hetero) is 1. The summed E-state index contributed by atoms with van der Waals surface area (Å²) < 4.78 is 4.94. The summed E-state index contributed by atoms with van der Waals surface area (Å²) in [5.74, 6) is 0.220. The van der Waals surface area contributed by atoms with Crippen molar-refractivity contribution in [2.24, 2.45) is 5.92 Å². The van der Waals surface area contributed by atoms with Crippen LogP contribution in [0.3, 0.4) is 0 Å². The minimum absolute atomic E-state index is 0.0168. The van der Waals surface area contributed by atoms with Crippen molar-refractivity contribution >= 4 is 23.5 Å². The first-order valence-corrected chi connectivity index (χ1v) is 7.07. The molecule has 0 amide bonds. The summed E-state index contributed by atoms with van der Waals surface area (Å²) in [5, 5.41) is 0.0168. The Morgan fingerprint density at radius 3 is 2.62 bits per heavy atom. The number of hydrogen-bond acceptors (Lipinski definition) is 4. The number of carbonyl (C=O) groups excluding carboxylic acids is 2. The predicted molar refractivity (Wildman–Crippen MR) is 65.5 cm³/mol. The van der Waals surface area contributed by atoms with Gasteiger partial charge in [-0.2, -0.15) is 11.8 Å². The molecule has 0 aromatic heterocycles. The highest BCUT2D eigenvalue weighted by atomic mass is 32.2. The fourth-order valence-corrected chi connectivity index (χ4v) is 3.23. The van der Waals surface area contributed by atoms with Crippen LogP contribution in [0.4, 0.5) is 0 Å². The van der Waals surface area contributed by atoms with E-state index in [0.29, 0.717) is 13.0 Å². The molecule has 2 unspecified atom stereocenters. The zero-order chi connectivity index (χ0) is 12.0. The fourth-order valence-electron chi connectivity index (χ4n) is 1.92. The second kappa shape index (κ2) is 6.94. The summed E-state index contributed by atoms with van der Waals surface area (Å²) in [6.45, 7) is 3.98. The fraction of sp³-hybridized carbons (Fsp3) is 0.833. The van der Waals surface area contributed by atoms with Crippen molar-refractivity contribution in [1.82, 2.24) is 0 Å². The van der Waals surface area contributed by atoms with Crippen molar-refractivity contribution < 1.29 is 14.3 Å². The Labute approximate surface area is 101 Å². The Kier molecular flexibility index (Phi) is 5.88. The first-order valence-electron chi connectivity index (χ1n) is 6.02. The number of esters is 1. The molecule has 0 aromatic rings. The standard InChI is InChI=1S/C12H20O3S/c1-3-9(12(14)15-4-2)11(13)10-7-5-6-8-16-10/h9-10H,3-8H2,1-2H3. The van der Waals surface area contributed by atoms with Crippen LogP contribution in [0.25, 0.3) is 0 Å². The highest BCUT2D eigenvalue weighted by molar-refractivity contribution is 8.00. The van der Waals surface area contributed by atoms with Crippen LogP contribution >= 0.6 is 11.8 Å². The molecule has 3 nitrogen and oxygen atoms in total. The molecule has 0 aromatic carbocycles. The first-order chi connectivity index (χ1) is 7.70. The molecule has 0 radical (unpaired) electrons. The van der Waals surface area contributed by atoms with Gasteiger partial charge in [-0.25, -0.2) is 0 Å². The molecule has 16 heavy (non-hydrogen) atoms. The van der Waals surface area contributed by atoms with Crippen molar-refractivity contribution in [3.63, 3.8) is 0 Å². The molecule has 1 aliphatic heterocycles. The van der Waals surface area contributed by atoms with E-state index in [1.165, 1.54) is 6.42 Å². The zero-order valence-corrected chi connectivity index (χ0v) is 10.8. The van der Waals surface area contributed by atoms with Crippen LogP contribution < -0.4 is 0 Å². The predicted octanol–water partition coefficient (Wildman–Crippen LogP) is 2.43. The topological polar surface area (TPSA) is 43.4 Å². The van der Waals surface area contributed by atoms with Crippen molar-refractivity contribution in [3.05, 3.63) is 0 Å². The van der Waals surface area contributed by atoms with Crippen LogP contribution in [0.15, 0.2) is 0 Å². The number of rotatable bonds is 5. The van der Waals surface area contributed by atoms with Gasteiger partial charge in [-0.15, -0.1) is 0 Å². The summed E-state index contributed by atoms with van der Waals surface area (Å²) >= 11 is 1.69. The second-order valence-corrected chi connectivity index (χ2v) is 5.28. The molecule has 2 atom stereocenters. The van der Waals surface area contributed by atoms with E-state index in [1.54, 1.807) is 18.7 Å². The normalized spacial score (nSPS) is 22.5. The van der Waals surface area contributed by atoms with Gasteiger partial charge in [-0.3, -0.25) is 9.59 Å². The van der Waals surface area contributed by atoms with E-state index in [9.17, 15) is 9.59 Å². The van der Waals surface area contributed by atoms with Crippen LogP contribution in [0.5, 0.6) is 0 Å². The molecule has 0 spiro atoms. The summed E-state index contributed by atoms with van der Waals surface area (Å²) in [6, 6.07) is 0. The van der Waals surface area contributed by atoms with E-state index in [1.807, 2.05) is 6.92 Å². The maximum absolute atomic E-state index is 12.1. The summed E-state index contributed by atoms with van der Waals surface area (Å²) in [4.78, 5) is 23.7. The van der Waals surface area contributed by atoms with E-state index in [0.717, 1.165) is 18.6 Å². The maximum atomic E-state index is 12.1. The summed E-state index contributed by atoms with van der Waals surface area (Å²) in [6.07, 6.45) is 3.75. The Balaban J connectivity index is 2.57. The van der Waals surface area contributed by atoms with Crippen LogP contribution in [-0.2, 0) is 14.3 Å². The summed E-state index contributed by atoms with van der Waals surface area (Å²) in [5.41, 5.74) is 0. The van der Waals surface area contributed by atoms with Gasteiger partial charge in [-0.05, 0) is 31.9 Å². The van der Waals surface area contributed by atoms with Crippen LogP contribution in [0, 0.1) is 5.92 Å². The monoisotopic (exact) mass is 244 g/mol. The number of ether oxygens (including phenoxy) is 1. The minimum Gasteiger partial charge on any atom is -0.465 e. The lowest BCUT2D eigenvalue weighted by Crippen LogP contribution is -2.33. The third-order valence-corrected chi connectivity index (χ3v) is 4.21. The molecule has 0 bridgehead atoms. The van der Waals surface area contributed by atoms with Gasteiger partial charge in [-0.1, -0.05) is 13.3 Å². The van der Waals surface area contributed by atoms with Crippen molar-refractivity contribution in [3.8, 4) is 0 Å². The molecule has 0 N–H and O–H groups in total. The minimum atomic E-state index is -0.546. The Hall–Kier alpha value is -0.510. The van der Waals surface area contributed by atoms with Crippen molar-refractivity contribution in [2.45, 2.75) is 44.8 Å². The average molecular weight is 244 g/mol. The highest BCUT2D eigenvalue weighted by Crippen LogP contribution is 2.28. The van der Waals surface area contributed by atoms with Gasteiger partial charge in [0.05, 0.1) is 11.9 Å². The van der Waals surface area contributed by atoms with Crippen LogP contribution in [-0.4, -0.2) is 29.4 Å². The number of hydrogen-bond donors (Lipinski definition) is 0. The molecular weight excluding hydrogens is 224 g/mol. The van der Waals surface area contributed by atoms with Gasteiger partial charge in [0, 0.05) is 0 Å². The van der Waals surface area contributed by atoms with E-state index in [-0.39, 0.29) is 17.0 Å². The molecule has 0 aliphatic carbocycles. The third-order valence-electron chi connectivity index (χ3n) is 2.82. The Morgan fingerprint density at radius 1 is 1.38 bits per heavy atom. The maximum Gasteiger partial charge on any atom is 0.316 e. The Morgan fingerprint density at radius 2 is 2.12 bits per heavy atom. The molecule has 92 valence electrons. The molecule has 1 aliphatic rings. The van der Waals surface area contributed by atoms with Gasteiger partial charge in [0.25, 0.3) is 0 Å². The lowest BCUT2D eigenvalue weighted by atomic mass is 9.96. The lowest BCUT2D eigenvalue weighted by Gasteiger charge is -2.23. The van der Waals surface area contributed by atoms with Gasteiger partial charge in [0.15, 0.2) is 5.78 Å². The van der Waals surface area contributed by atoms with Gasteiger partial charge in [0.1, 0.15) is 5.92 Å². The van der Waals surface area contributed by atoms with E-state index >= 15 is 0 Å². The average Bonchev–Trinajstić information content (AvgIpc) is 2.31. The SMILES string of the molecule is CCOC(=O)C(CC)C(=O)C1CCCCS1. The molecule has 1 rings (SSSR count). The van der Waals surface area contributed by atoms with Crippen LogP contribution in [0.2, 0.25) is 0 Å². The second-order valence-electron chi connectivity index (χ2n) is 3.97. The number of thioether (sulfide) groups is 1. The van der Waals surface area contributed by atoms with E-state index in [2.05, 4.69) is 0 Å².